The number of aryl methyl sites for hydroxylation is 1. The normalized spacial score (nSPS) is 16.3. The van der Waals surface area contributed by atoms with Crippen molar-refractivity contribution < 1.29 is 18.4 Å². The maximum Gasteiger partial charge on any atom is 0.290 e. The summed E-state index contributed by atoms with van der Waals surface area (Å²) in [5.41, 5.74) is 0. The molecule has 4 rings (SSSR count). The highest BCUT2D eigenvalue weighted by Crippen LogP contribution is 2.30. The molecule has 1 aromatic carbocycles. The molecule has 3 heterocycles. The van der Waals surface area contributed by atoms with Gasteiger partial charge in [0.25, 0.3) is 5.95 Å². The van der Waals surface area contributed by atoms with E-state index in [1.54, 1.807) is 0 Å². The number of nitrogens with one attached hydrogen (secondary N) is 1. The van der Waals surface area contributed by atoms with E-state index in [9.17, 15) is 0 Å². The molecule has 1 atom stereocenters. The first-order chi connectivity index (χ1) is 13.3. The van der Waals surface area contributed by atoms with Gasteiger partial charge >= 0.3 is 0 Å². The smallest absolute Gasteiger partial charge is 0.290 e. The van der Waals surface area contributed by atoms with E-state index in [-0.39, 0.29) is 6.04 Å². The summed E-state index contributed by atoms with van der Waals surface area (Å²) in [5, 5.41) is 7.45. The molecule has 0 saturated carbocycles. The second-order valence-electron chi connectivity index (χ2n) is 6.62. The van der Waals surface area contributed by atoms with Crippen LogP contribution in [0.3, 0.4) is 0 Å². The van der Waals surface area contributed by atoms with Crippen molar-refractivity contribution in [3.05, 3.63) is 59.9 Å². The topological polar surface area (TPSA) is 82.6 Å². The van der Waals surface area contributed by atoms with E-state index in [4.69, 9.17) is 18.4 Å². The van der Waals surface area contributed by atoms with Crippen molar-refractivity contribution in [2.24, 2.45) is 5.92 Å². The van der Waals surface area contributed by atoms with Crippen LogP contribution in [0.2, 0.25) is 0 Å². The monoisotopic (exact) mass is 369 g/mol. The van der Waals surface area contributed by atoms with Gasteiger partial charge in [0.2, 0.25) is 5.89 Å². The Hall–Kier alpha value is -2.64. The minimum atomic E-state index is -0.0290. The Morgan fingerprint density at radius 1 is 1.15 bits per heavy atom. The minimum absolute atomic E-state index is 0.0290. The van der Waals surface area contributed by atoms with E-state index in [1.807, 2.05) is 49.4 Å². The average Bonchev–Trinajstić information content (AvgIpc) is 3.33. The summed E-state index contributed by atoms with van der Waals surface area (Å²) >= 11 is 0. The van der Waals surface area contributed by atoms with Crippen molar-refractivity contribution in [2.75, 3.05) is 13.2 Å². The fraction of sp³-hybridized carbons (Fsp3) is 0.400. The fourth-order valence-electron chi connectivity index (χ4n) is 3.27. The van der Waals surface area contributed by atoms with Gasteiger partial charge in [0, 0.05) is 19.3 Å². The highest BCUT2D eigenvalue weighted by Gasteiger charge is 2.29. The van der Waals surface area contributed by atoms with Gasteiger partial charge in [-0.15, -0.1) is 0 Å². The van der Waals surface area contributed by atoms with Gasteiger partial charge in [-0.25, -0.2) is 0 Å². The van der Waals surface area contributed by atoms with Gasteiger partial charge in [-0.1, -0.05) is 23.4 Å². The molecule has 1 unspecified atom stereocenters. The highest BCUT2D eigenvalue weighted by molar-refractivity contribution is 5.26. The van der Waals surface area contributed by atoms with Crippen molar-refractivity contribution in [1.29, 1.82) is 0 Å². The van der Waals surface area contributed by atoms with Crippen LogP contribution < -0.4 is 10.1 Å². The number of hydrogen-bond acceptors (Lipinski definition) is 7. The number of ether oxygens (including phenoxy) is 2. The summed E-state index contributed by atoms with van der Waals surface area (Å²) in [4.78, 5) is 4.42. The first-order valence-corrected chi connectivity index (χ1v) is 9.21. The zero-order valence-corrected chi connectivity index (χ0v) is 15.3. The molecular formula is C20H23N3O4. The van der Waals surface area contributed by atoms with Crippen molar-refractivity contribution in [1.82, 2.24) is 15.5 Å². The van der Waals surface area contributed by atoms with Gasteiger partial charge in [0.05, 0.1) is 12.6 Å². The molecule has 1 saturated heterocycles. The van der Waals surface area contributed by atoms with E-state index < -0.39 is 0 Å². The van der Waals surface area contributed by atoms with Crippen LogP contribution in [-0.4, -0.2) is 23.4 Å². The van der Waals surface area contributed by atoms with Crippen LogP contribution in [0.5, 0.6) is 11.7 Å². The molecule has 27 heavy (non-hydrogen) atoms. The molecule has 0 bridgehead atoms. The van der Waals surface area contributed by atoms with Gasteiger partial charge in [-0.05, 0) is 43.9 Å². The molecular weight excluding hydrogens is 346 g/mol. The number of nitrogens with zero attached hydrogens (tertiary/aromatic N) is 2. The Labute approximate surface area is 157 Å². The number of furan rings is 1. The van der Waals surface area contributed by atoms with Gasteiger partial charge in [-0.3, -0.25) is 5.32 Å². The number of benzene rings is 1. The van der Waals surface area contributed by atoms with Gasteiger partial charge in [-0.2, -0.15) is 4.98 Å². The Morgan fingerprint density at radius 2 is 1.96 bits per heavy atom. The van der Waals surface area contributed by atoms with E-state index in [0.717, 1.165) is 37.6 Å². The average molecular weight is 369 g/mol. The molecule has 7 nitrogen and oxygen atoms in total. The van der Waals surface area contributed by atoms with Crippen LogP contribution in [0, 0.1) is 12.8 Å². The van der Waals surface area contributed by atoms with Crippen LogP contribution in [0.4, 0.5) is 0 Å². The van der Waals surface area contributed by atoms with E-state index in [2.05, 4.69) is 15.5 Å². The summed E-state index contributed by atoms with van der Waals surface area (Å²) in [6, 6.07) is 13.3. The van der Waals surface area contributed by atoms with Crippen LogP contribution >= 0.6 is 0 Å². The third kappa shape index (κ3) is 4.56. The van der Waals surface area contributed by atoms with Crippen LogP contribution in [-0.2, 0) is 11.3 Å². The number of aromatic nitrogens is 2. The molecule has 1 aliphatic rings. The molecule has 0 amide bonds. The van der Waals surface area contributed by atoms with Gasteiger partial charge < -0.3 is 18.4 Å². The Bertz CT molecular complexity index is 840. The van der Waals surface area contributed by atoms with E-state index >= 15 is 0 Å². The van der Waals surface area contributed by atoms with Gasteiger partial charge in [0.15, 0.2) is 5.82 Å². The molecule has 2 aromatic heterocycles. The lowest BCUT2D eigenvalue weighted by Gasteiger charge is -2.28. The SMILES string of the molecule is Cc1noc(C(NCc2ccc(Oc3ccccc3)o2)C2CCOCC2)n1. The summed E-state index contributed by atoms with van der Waals surface area (Å²) in [7, 11) is 0. The molecule has 0 aliphatic carbocycles. The lowest BCUT2D eigenvalue weighted by atomic mass is 9.91. The molecule has 1 aliphatic heterocycles. The van der Waals surface area contributed by atoms with Crippen molar-refractivity contribution >= 4 is 0 Å². The Morgan fingerprint density at radius 3 is 2.70 bits per heavy atom. The standard InChI is InChI=1S/C20H23N3O4/c1-14-22-20(27-23-14)19(15-9-11-24-12-10-15)21-13-17-7-8-18(26-17)25-16-5-3-2-4-6-16/h2-8,15,19,21H,9-13H2,1H3. The zero-order valence-electron chi connectivity index (χ0n) is 15.3. The maximum atomic E-state index is 5.79. The summed E-state index contributed by atoms with van der Waals surface area (Å²) in [6.45, 7) is 3.88. The number of hydrogen-bond donors (Lipinski definition) is 1. The largest absolute Gasteiger partial charge is 0.429 e. The first kappa shape index (κ1) is 17.8. The van der Waals surface area contributed by atoms with Crippen LogP contribution in [0.1, 0.15) is 36.4 Å². The summed E-state index contributed by atoms with van der Waals surface area (Å²) in [5.74, 6) is 3.64. The number of para-hydroxylation sites is 1. The fourth-order valence-corrected chi connectivity index (χ4v) is 3.27. The molecule has 0 spiro atoms. The predicted molar refractivity (Wildman–Crippen MR) is 97.4 cm³/mol. The van der Waals surface area contributed by atoms with E-state index in [1.165, 1.54) is 0 Å². The summed E-state index contributed by atoms with van der Waals surface area (Å²) in [6.07, 6.45) is 1.92. The summed E-state index contributed by atoms with van der Waals surface area (Å²) < 4.78 is 22.4. The highest BCUT2D eigenvalue weighted by atomic mass is 16.6. The predicted octanol–water partition coefficient (Wildman–Crippen LogP) is 4.02. The Balaban J connectivity index is 1.41. The second kappa shape index (κ2) is 8.37. The quantitative estimate of drug-likeness (QED) is 0.673. The van der Waals surface area contributed by atoms with Crippen molar-refractivity contribution in [2.45, 2.75) is 32.4 Å². The molecule has 3 aromatic rings. The second-order valence-corrected chi connectivity index (χ2v) is 6.62. The minimum Gasteiger partial charge on any atom is -0.429 e. The lowest BCUT2D eigenvalue weighted by Crippen LogP contribution is -2.32. The first-order valence-electron chi connectivity index (χ1n) is 9.21. The van der Waals surface area contributed by atoms with Crippen molar-refractivity contribution in [3.63, 3.8) is 0 Å². The zero-order chi connectivity index (χ0) is 18.5. The maximum absolute atomic E-state index is 5.79. The van der Waals surface area contributed by atoms with E-state index in [0.29, 0.717) is 30.1 Å². The molecule has 1 N–H and O–H groups in total. The van der Waals surface area contributed by atoms with Crippen LogP contribution in [0.25, 0.3) is 0 Å². The molecule has 7 heteroatoms. The third-order valence-electron chi connectivity index (χ3n) is 4.64. The Kier molecular flexibility index (Phi) is 5.50. The van der Waals surface area contributed by atoms with Gasteiger partial charge in [0.1, 0.15) is 11.5 Å². The molecule has 1 fully saturated rings. The number of rotatable bonds is 7. The lowest BCUT2D eigenvalue weighted by molar-refractivity contribution is 0.0482. The van der Waals surface area contributed by atoms with Crippen LogP contribution in [0.15, 0.2) is 51.4 Å². The molecule has 0 radical (unpaired) electrons. The third-order valence-corrected chi connectivity index (χ3v) is 4.64. The molecule has 142 valence electrons. The van der Waals surface area contributed by atoms with Crippen molar-refractivity contribution in [3.8, 4) is 11.7 Å².